The summed E-state index contributed by atoms with van der Waals surface area (Å²) < 4.78 is 7.64. The second-order valence-corrected chi connectivity index (χ2v) is 6.64. The van der Waals surface area contributed by atoms with Crippen LogP contribution in [0.15, 0.2) is 48.8 Å². The molecule has 134 valence electrons. The Kier molecular flexibility index (Phi) is 4.58. The van der Waals surface area contributed by atoms with Crippen molar-refractivity contribution < 1.29 is 9.53 Å². The number of benzene rings is 1. The largest absolute Gasteiger partial charge is 0.456 e. The Balaban J connectivity index is 1.34. The van der Waals surface area contributed by atoms with Crippen molar-refractivity contribution in [3.05, 3.63) is 77.1 Å². The third kappa shape index (κ3) is 3.55. The predicted molar refractivity (Wildman–Crippen MR) is 97.4 cm³/mol. The molecule has 0 saturated carbocycles. The number of rotatable bonds is 5. The number of carbonyl (C=O) groups excluding carboxylic acids is 1. The average Bonchev–Trinajstić information content (AvgIpc) is 3.28. The number of aryl methyl sites for hydroxylation is 1. The van der Waals surface area contributed by atoms with E-state index < -0.39 is 0 Å². The first-order valence-electron chi connectivity index (χ1n) is 8.81. The van der Waals surface area contributed by atoms with Crippen LogP contribution >= 0.6 is 0 Å². The number of imidazole rings is 1. The van der Waals surface area contributed by atoms with E-state index in [2.05, 4.69) is 19.4 Å². The maximum atomic E-state index is 12.2. The van der Waals surface area contributed by atoms with Crippen LogP contribution in [0.25, 0.3) is 0 Å². The Morgan fingerprint density at radius 2 is 2.08 bits per heavy atom. The lowest BCUT2D eigenvalue weighted by atomic mass is 10.2. The molecule has 0 unspecified atom stereocenters. The van der Waals surface area contributed by atoms with E-state index in [0.717, 1.165) is 43.1 Å². The first kappa shape index (κ1) is 16.6. The molecule has 1 aliphatic rings. The summed E-state index contributed by atoms with van der Waals surface area (Å²) in [6, 6.07) is 11.6. The quantitative estimate of drug-likeness (QED) is 0.719. The van der Waals surface area contributed by atoms with Crippen LogP contribution in [-0.4, -0.2) is 31.9 Å². The second-order valence-electron chi connectivity index (χ2n) is 6.64. The number of esters is 1. The maximum absolute atomic E-state index is 12.2. The number of aromatic amines is 1. The third-order valence-corrected chi connectivity index (χ3v) is 4.74. The van der Waals surface area contributed by atoms with Crippen LogP contribution in [0.5, 0.6) is 0 Å². The molecule has 0 atom stereocenters. The molecule has 0 radical (unpaired) electrons. The Morgan fingerprint density at radius 1 is 1.23 bits per heavy atom. The number of hydrogen-bond donors (Lipinski definition) is 1. The number of fused-ring (bicyclic) bond motifs is 1. The second kappa shape index (κ2) is 7.17. The number of ether oxygens (including phenoxy) is 1. The highest BCUT2D eigenvalue weighted by Crippen LogP contribution is 2.17. The Labute approximate surface area is 152 Å². The van der Waals surface area contributed by atoms with Gasteiger partial charge in [0.15, 0.2) is 0 Å². The minimum Gasteiger partial charge on any atom is -0.456 e. The summed E-state index contributed by atoms with van der Waals surface area (Å²) in [5.74, 6) is 0.747. The van der Waals surface area contributed by atoms with Gasteiger partial charge >= 0.3 is 5.97 Å². The zero-order chi connectivity index (χ0) is 17.9. The van der Waals surface area contributed by atoms with Crippen LogP contribution in [0.1, 0.15) is 33.1 Å². The molecule has 6 heteroatoms. The standard InChI is InChI=1S/C20H22N4O2/c1-15-21-11-18-13-23(7-8-24(15)18)12-17-9-19(22-10-17)20(25)26-14-16-5-3-2-4-6-16/h2-6,9-11,22H,7-8,12-14H2,1H3. The SMILES string of the molecule is Cc1ncc2n1CCN(Cc1c[nH]c(C(=O)OCc3ccccc3)c1)C2. The van der Waals surface area contributed by atoms with Crippen molar-refractivity contribution in [1.29, 1.82) is 0 Å². The number of hydrogen-bond acceptors (Lipinski definition) is 4. The van der Waals surface area contributed by atoms with Gasteiger partial charge < -0.3 is 14.3 Å². The molecule has 0 fully saturated rings. The van der Waals surface area contributed by atoms with E-state index >= 15 is 0 Å². The number of carbonyl (C=O) groups is 1. The van der Waals surface area contributed by atoms with Gasteiger partial charge in [-0.2, -0.15) is 0 Å². The van der Waals surface area contributed by atoms with E-state index in [9.17, 15) is 4.79 Å². The van der Waals surface area contributed by atoms with Crippen LogP contribution in [0, 0.1) is 6.92 Å². The highest BCUT2D eigenvalue weighted by molar-refractivity contribution is 5.87. The molecular weight excluding hydrogens is 328 g/mol. The molecule has 0 spiro atoms. The molecule has 0 bridgehead atoms. The van der Waals surface area contributed by atoms with E-state index in [4.69, 9.17) is 4.74 Å². The van der Waals surface area contributed by atoms with Crippen molar-refractivity contribution in [2.75, 3.05) is 6.54 Å². The first-order valence-corrected chi connectivity index (χ1v) is 8.81. The fourth-order valence-electron chi connectivity index (χ4n) is 3.34. The fraction of sp³-hybridized carbons (Fsp3) is 0.300. The molecule has 6 nitrogen and oxygen atoms in total. The summed E-state index contributed by atoms with van der Waals surface area (Å²) in [5.41, 5.74) is 3.80. The summed E-state index contributed by atoms with van der Waals surface area (Å²) >= 11 is 0. The highest BCUT2D eigenvalue weighted by Gasteiger charge is 2.19. The van der Waals surface area contributed by atoms with Gasteiger partial charge in [-0.05, 0) is 24.1 Å². The van der Waals surface area contributed by atoms with E-state index in [1.807, 2.05) is 55.7 Å². The highest BCUT2D eigenvalue weighted by atomic mass is 16.5. The van der Waals surface area contributed by atoms with Crippen molar-refractivity contribution in [3.8, 4) is 0 Å². The van der Waals surface area contributed by atoms with Gasteiger partial charge in [-0.1, -0.05) is 30.3 Å². The summed E-state index contributed by atoms with van der Waals surface area (Å²) in [6.07, 6.45) is 3.83. The summed E-state index contributed by atoms with van der Waals surface area (Å²) in [5, 5.41) is 0. The summed E-state index contributed by atoms with van der Waals surface area (Å²) in [4.78, 5) is 22.0. The van der Waals surface area contributed by atoms with Gasteiger partial charge in [-0.25, -0.2) is 9.78 Å². The Morgan fingerprint density at radius 3 is 2.92 bits per heavy atom. The predicted octanol–water partition coefficient (Wildman–Crippen LogP) is 2.89. The number of H-pyrrole nitrogens is 1. The van der Waals surface area contributed by atoms with Gasteiger partial charge in [0, 0.05) is 38.6 Å². The first-order chi connectivity index (χ1) is 12.7. The van der Waals surface area contributed by atoms with Crippen LogP contribution in [-0.2, 0) is 31.0 Å². The summed E-state index contributed by atoms with van der Waals surface area (Å²) in [6.45, 7) is 5.93. The normalized spacial score (nSPS) is 14.2. The molecule has 3 heterocycles. The van der Waals surface area contributed by atoms with Crippen LogP contribution in [0.3, 0.4) is 0 Å². The van der Waals surface area contributed by atoms with E-state index in [1.54, 1.807) is 0 Å². The molecule has 1 N–H and O–H groups in total. The molecule has 3 aromatic rings. The Bertz CT molecular complexity index is 898. The van der Waals surface area contributed by atoms with Gasteiger partial charge in [0.2, 0.25) is 0 Å². The van der Waals surface area contributed by atoms with Crippen molar-refractivity contribution in [3.63, 3.8) is 0 Å². The maximum Gasteiger partial charge on any atom is 0.355 e. The van der Waals surface area contributed by atoms with E-state index in [-0.39, 0.29) is 12.6 Å². The molecule has 26 heavy (non-hydrogen) atoms. The van der Waals surface area contributed by atoms with E-state index in [1.165, 1.54) is 5.69 Å². The zero-order valence-corrected chi connectivity index (χ0v) is 14.8. The smallest absolute Gasteiger partial charge is 0.355 e. The lowest BCUT2D eigenvalue weighted by Gasteiger charge is -2.28. The summed E-state index contributed by atoms with van der Waals surface area (Å²) in [7, 11) is 0. The van der Waals surface area contributed by atoms with Gasteiger partial charge in [-0.3, -0.25) is 4.90 Å². The zero-order valence-electron chi connectivity index (χ0n) is 14.8. The monoisotopic (exact) mass is 350 g/mol. The average molecular weight is 350 g/mol. The van der Waals surface area contributed by atoms with Crippen molar-refractivity contribution >= 4 is 5.97 Å². The minimum atomic E-state index is -0.326. The van der Waals surface area contributed by atoms with Crippen LogP contribution < -0.4 is 0 Å². The molecule has 1 aromatic carbocycles. The number of nitrogens with zero attached hydrogens (tertiary/aromatic N) is 3. The molecule has 0 amide bonds. The van der Waals surface area contributed by atoms with Gasteiger partial charge in [0.25, 0.3) is 0 Å². The number of aromatic nitrogens is 3. The molecular formula is C20H22N4O2. The fourth-order valence-corrected chi connectivity index (χ4v) is 3.34. The topological polar surface area (TPSA) is 63.2 Å². The van der Waals surface area contributed by atoms with Gasteiger partial charge in [-0.15, -0.1) is 0 Å². The van der Waals surface area contributed by atoms with Crippen LogP contribution in [0.4, 0.5) is 0 Å². The van der Waals surface area contributed by atoms with Gasteiger partial charge in [0.05, 0.1) is 5.69 Å². The lowest BCUT2D eigenvalue weighted by Crippen LogP contribution is -2.33. The van der Waals surface area contributed by atoms with Crippen molar-refractivity contribution in [2.45, 2.75) is 33.2 Å². The number of nitrogens with one attached hydrogen (secondary N) is 1. The molecule has 0 aliphatic carbocycles. The molecule has 4 rings (SSSR count). The lowest BCUT2D eigenvalue weighted by molar-refractivity contribution is 0.0466. The van der Waals surface area contributed by atoms with Crippen LogP contribution in [0.2, 0.25) is 0 Å². The minimum absolute atomic E-state index is 0.281. The van der Waals surface area contributed by atoms with Gasteiger partial charge in [0.1, 0.15) is 18.1 Å². The van der Waals surface area contributed by atoms with E-state index in [0.29, 0.717) is 5.69 Å². The van der Waals surface area contributed by atoms with Crippen molar-refractivity contribution in [2.24, 2.45) is 0 Å². The third-order valence-electron chi connectivity index (χ3n) is 4.74. The molecule has 2 aromatic heterocycles. The molecule has 1 aliphatic heterocycles. The Hall–Kier alpha value is -2.86. The van der Waals surface area contributed by atoms with Crippen molar-refractivity contribution in [1.82, 2.24) is 19.4 Å². The molecule has 0 saturated heterocycles.